The summed E-state index contributed by atoms with van der Waals surface area (Å²) >= 11 is 0. The van der Waals surface area contributed by atoms with Crippen LogP contribution in [0.25, 0.3) is 0 Å². The molecule has 1 aromatic carbocycles. The van der Waals surface area contributed by atoms with Crippen LogP contribution < -0.4 is 5.32 Å². The van der Waals surface area contributed by atoms with Gasteiger partial charge in [0.1, 0.15) is 6.61 Å². The Kier molecular flexibility index (Phi) is 10.5. The van der Waals surface area contributed by atoms with Gasteiger partial charge in [-0.15, -0.1) is 0 Å². The highest BCUT2D eigenvalue weighted by atomic mass is 16.5. The van der Waals surface area contributed by atoms with Crippen molar-refractivity contribution in [1.29, 1.82) is 0 Å². The van der Waals surface area contributed by atoms with E-state index >= 15 is 0 Å². The number of nitrogens with one attached hydrogen (secondary N) is 1. The third-order valence-electron chi connectivity index (χ3n) is 3.11. The molecule has 0 saturated carbocycles. The minimum atomic E-state index is -0.924. The van der Waals surface area contributed by atoms with Crippen molar-refractivity contribution in [3.63, 3.8) is 0 Å². The molecule has 0 aliphatic carbocycles. The predicted octanol–water partition coefficient (Wildman–Crippen LogP) is 2.41. The van der Waals surface area contributed by atoms with Gasteiger partial charge >= 0.3 is 12.1 Å². The first-order valence-electron chi connectivity index (χ1n) is 7.19. The Balaban J connectivity index is 0.00000211. The first-order chi connectivity index (χ1) is 10.5. The zero-order valence-electron chi connectivity index (χ0n) is 13.3. The van der Waals surface area contributed by atoms with E-state index in [-0.39, 0.29) is 6.61 Å². The van der Waals surface area contributed by atoms with E-state index in [0.717, 1.165) is 19.1 Å². The lowest BCUT2D eigenvalue weighted by Gasteiger charge is -2.21. The summed E-state index contributed by atoms with van der Waals surface area (Å²) in [6, 6.07) is 8.91. The number of aliphatic hydroxyl groups excluding tert-OH is 1. The summed E-state index contributed by atoms with van der Waals surface area (Å²) in [6.45, 7) is 3.70. The fourth-order valence-corrected chi connectivity index (χ4v) is 1.85. The van der Waals surface area contributed by atoms with E-state index in [4.69, 9.17) is 14.9 Å². The van der Waals surface area contributed by atoms with Crippen molar-refractivity contribution in [1.82, 2.24) is 5.32 Å². The molecule has 2 atom stereocenters. The normalized spacial score (nSPS) is 12.4. The smallest absolute Gasteiger partial charge is 0.407 e. The molecule has 0 saturated heterocycles. The largest absolute Gasteiger partial charge is 0.481 e. The van der Waals surface area contributed by atoms with E-state index in [1.54, 1.807) is 6.92 Å². The number of aliphatic carboxylic acids is 1. The number of carboxylic acids is 1. The van der Waals surface area contributed by atoms with Crippen molar-refractivity contribution < 1.29 is 24.5 Å². The molecule has 0 spiro atoms. The molecule has 0 radical (unpaired) electrons. The molecule has 124 valence electrons. The second-order valence-electron chi connectivity index (χ2n) is 4.73. The van der Waals surface area contributed by atoms with Crippen molar-refractivity contribution in [2.75, 3.05) is 7.11 Å². The molecule has 2 unspecified atom stereocenters. The first kappa shape index (κ1) is 19.9. The highest BCUT2D eigenvalue weighted by Gasteiger charge is 2.24. The predicted molar refractivity (Wildman–Crippen MR) is 83.4 cm³/mol. The number of carbonyl (C=O) groups is 2. The molecule has 0 aliphatic rings. The number of amides is 1. The number of alkyl carbamates (subject to hydrolysis) is 1. The molecule has 3 N–H and O–H groups in total. The standard InChI is InChI=1S/C15H21NO4.CH4O/c1-3-7-13(11(2)14(17)18)16-15(19)20-10-12-8-5-4-6-9-12;1-2/h4-6,8-9,11,13H,3,7,10H2,1-2H3,(H,16,19)(H,17,18);2H,1H3. The van der Waals surface area contributed by atoms with Crippen LogP contribution in [-0.4, -0.2) is 35.4 Å². The van der Waals surface area contributed by atoms with Crippen molar-refractivity contribution in [3.05, 3.63) is 35.9 Å². The Morgan fingerprint density at radius 2 is 1.82 bits per heavy atom. The Labute approximate surface area is 131 Å². The maximum atomic E-state index is 11.7. The van der Waals surface area contributed by atoms with Crippen molar-refractivity contribution in [3.8, 4) is 0 Å². The fraction of sp³-hybridized carbons (Fsp3) is 0.500. The van der Waals surface area contributed by atoms with Crippen LogP contribution in [0.2, 0.25) is 0 Å². The minimum Gasteiger partial charge on any atom is -0.481 e. The Hall–Kier alpha value is -2.08. The topological polar surface area (TPSA) is 95.9 Å². The van der Waals surface area contributed by atoms with Gasteiger partial charge in [0, 0.05) is 13.2 Å². The molecule has 1 rings (SSSR count). The van der Waals surface area contributed by atoms with Crippen LogP contribution in [-0.2, 0) is 16.1 Å². The molecular weight excluding hydrogens is 286 g/mol. The summed E-state index contributed by atoms with van der Waals surface area (Å²) in [5, 5.41) is 18.6. The second-order valence-corrected chi connectivity index (χ2v) is 4.73. The molecule has 6 heteroatoms. The third-order valence-corrected chi connectivity index (χ3v) is 3.11. The Morgan fingerprint density at radius 3 is 2.32 bits per heavy atom. The van der Waals surface area contributed by atoms with E-state index in [1.807, 2.05) is 37.3 Å². The summed E-state index contributed by atoms with van der Waals surface area (Å²) in [5.41, 5.74) is 0.890. The highest BCUT2D eigenvalue weighted by Crippen LogP contribution is 2.10. The van der Waals surface area contributed by atoms with E-state index in [0.29, 0.717) is 6.42 Å². The molecule has 6 nitrogen and oxygen atoms in total. The first-order valence-corrected chi connectivity index (χ1v) is 7.19. The van der Waals surface area contributed by atoms with Crippen LogP contribution >= 0.6 is 0 Å². The molecule has 1 aromatic rings. The number of carboxylic acid groups (broad SMARTS) is 1. The molecule has 0 aromatic heterocycles. The number of hydrogen-bond donors (Lipinski definition) is 3. The lowest BCUT2D eigenvalue weighted by molar-refractivity contribution is -0.142. The Bertz CT molecular complexity index is 435. The molecule has 0 bridgehead atoms. The van der Waals surface area contributed by atoms with E-state index < -0.39 is 24.0 Å². The summed E-state index contributed by atoms with van der Waals surface area (Å²) < 4.78 is 5.09. The second kappa shape index (κ2) is 11.6. The molecule has 22 heavy (non-hydrogen) atoms. The minimum absolute atomic E-state index is 0.174. The van der Waals surface area contributed by atoms with Crippen LogP contribution in [0.15, 0.2) is 30.3 Å². The summed E-state index contributed by atoms with van der Waals surface area (Å²) in [5.74, 6) is -1.56. The van der Waals surface area contributed by atoms with E-state index in [9.17, 15) is 9.59 Å². The van der Waals surface area contributed by atoms with Gasteiger partial charge in [0.15, 0.2) is 0 Å². The zero-order valence-corrected chi connectivity index (χ0v) is 13.3. The molecule has 1 amide bonds. The van der Waals surface area contributed by atoms with Gasteiger partial charge in [-0.25, -0.2) is 4.79 Å². The zero-order chi connectivity index (χ0) is 17.0. The number of rotatable bonds is 7. The van der Waals surface area contributed by atoms with Crippen LogP contribution in [0.5, 0.6) is 0 Å². The summed E-state index contributed by atoms with van der Waals surface area (Å²) in [4.78, 5) is 22.7. The molecule has 0 aliphatic heterocycles. The van der Waals surface area contributed by atoms with Gasteiger partial charge in [-0.3, -0.25) is 4.79 Å². The number of hydrogen-bond acceptors (Lipinski definition) is 4. The molecule has 0 heterocycles. The van der Waals surface area contributed by atoms with Crippen LogP contribution in [0.4, 0.5) is 4.79 Å². The van der Waals surface area contributed by atoms with Gasteiger partial charge in [0.25, 0.3) is 0 Å². The Morgan fingerprint density at radius 1 is 1.23 bits per heavy atom. The summed E-state index contributed by atoms with van der Waals surface area (Å²) in [7, 11) is 1.00. The van der Waals surface area contributed by atoms with Crippen LogP contribution in [0.1, 0.15) is 32.3 Å². The number of aliphatic hydroxyl groups is 1. The van der Waals surface area contributed by atoms with E-state index in [2.05, 4.69) is 5.32 Å². The fourth-order valence-electron chi connectivity index (χ4n) is 1.85. The van der Waals surface area contributed by atoms with Crippen molar-refractivity contribution >= 4 is 12.1 Å². The van der Waals surface area contributed by atoms with Crippen LogP contribution in [0.3, 0.4) is 0 Å². The van der Waals surface area contributed by atoms with Gasteiger partial charge in [-0.2, -0.15) is 0 Å². The SMILES string of the molecule is CCCC(NC(=O)OCc1ccccc1)C(C)C(=O)O.CO. The quantitative estimate of drug-likeness (QED) is 0.718. The van der Waals surface area contributed by atoms with E-state index in [1.165, 1.54) is 0 Å². The van der Waals surface area contributed by atoms with Gasteiger partial charge in [-0.05, 0) is 18.9 Å². The summed E-state index contributed by atoms with van der Waals surface area (Å²) in [6.07, 6.45) is 0.815. The lowest BCUT2D eigenvalue weighted by Crippen LogP contribution is -2.42. The number of carbonyl (C=O) groups excluding carboxylic acids is 1. The number of benzene rings is 1. The number of ether oxygens (including phenoxy) is 1. The average molecular weight is 311 g/mol. The van der Waals surface area contributed by atoms with Gasteiger partial charge in [-0.1, -0.05) is 43.7 Å². The molecule has 0 fully saturated rings. The van der Waals surface area contributed by atoms with Crippen molar-refractivity contribution in [2.45, 2.75) is 39.3 Å². The van der Waals surface area contributed by atoms with Crippen molar-refractivity contribution in [2.24, 2.45) is 5.92 Å². The average Bonchev–Trinajstić information content (AvgIpc) is 2.54. The highest BCUT2D eigenvalue weighted by molar-refractivity contribution is 5.73. The van der Waals surface area contributed by atoms with Gasteiger partial charge in [0.2, 0.25) is 0 Å². The maximum absolute atomic E-state index is 11.7. The lowest BCUT2D eigenvalue weighted by atomic mass is 9.98. The molecular formula is C16H25NO5. The monoisotopic (exact) mass is 311 g/mol. The van der Waals surface area contributed by atoms with Crippen LogP contribution in [0, 0.1) is 5.92 Å². The third kappa shape index (κ3) is 7.64. The maximum Gasteiger partial charge on any atom is 0.407 e. The van der Waals surface area contributed by atoms with Gasteiger partial charge in [0.05, 0.1) is 5.92 Å². The van der Waals surface area contributed by atoms with Gasteiger partial charge < -0.3 is 20.3 Å².